The van der Waals surface area contributed by atoms with Crippen molar-refractivity contribution in [2.45, 2.75) is 12.2 Å². The van der Waals surface area contributed by atoms with Gasteiger partial charge in [0.05, 0.1) is 16.6 Å². The number of hydrogen-bond donors (Lipinski definition) is 1. The SMILES string of the molecule is NC(c1ccc(Cl)cc1)c1ccc(Cl)c(C(F)(F)F)c1. The van der Waals surface area contributed by atoms with Crippen LogP contribution in [0.4, 0.5) is 13.2 Å². The summed E-state index contributed by atoms with van der Waals surface area (Å²) >= 11 is 11.3. The Morgan fingerprint density at radius 1 is 0.900 bits per heavy atom. The molecule has 1 atom stereocenters. The van der Waals surface area contributed by atoms with Crippen LogP contribution in [-0.4, -0.2) is 0 Å². The smallest absolute Gasteiger partial charge is 0.320 e. The summed E-state index contributed by atoms with van der Waals surface area (Å²) in [6.45, 7) is 0. The summed E-state index contributed by atoms with van der Waals surface area (Å²) in [5.74, 6) is 0. The number of alkyl halides is 3. The first-order valence-electron chi connectivity index (χ1n) is 5.66. The van der Waals surface area contributed by atoms with E-state index >= 15 is 0 Å². The molecule has 1 unspecified atom stereocenters. The molecule has 0 saturated heterocycles. The first kappa shape index (κ1) is 15.2. The molecule has 0 radical (unpaired) electrons. The van der Waals surface area contributed by atoms with Crippen LogP contribution in [-0.2, 0) is 6.18 Å². The molecule has 0 aliphatic heterocycles. The highest BCUT2D eigenvalue weighted by Gasteiger charge is 2.33. The average Bonchev–Trinajstić information content (AvgIpc) is 2.38. The monoisotopic (exact) mass is 319 g/mol. The zero-order valence-electron chi connectivity index (χ0n) is 10.1. The summed E-state index contributed by atoms with van der Waals surface area (Å²) in [7, 11) is 0. The minimum atomic E-state index is -4.51. The van der Waals surface area contributed by atoms with Gasteiger partial charge in [-0.1, -0.05) is 41.4 Å². The predicted molar refractivity (Wildman–Crippen MR) is 73.9 cm³/mol. The molecular weight excluding hydrogens is 310 g/mol. The van der Waals surface area contributed by atoms with E-state index in [4.69, 9.17) is 28.9 Å². The third-order valence-electron chi connectivity index (χ3n) is 2.88. The first-order chi connectivity index (χ1) is 9.29. The standard InChI is InChI=1S/C14H10Cl2F3N/c15-10-4-1-8(2-5-10)13(20)9-3-6-12(16)11(7-9)14(17,18)19/h1-7,13H,20H2. The Hall–Kier alpha value is -1.23. The maximum Gasteiger partial charge on any atom is 0.417 e. The highest BCUT2D eigenvalue weighted by atomic mass is 35.5. The third-order valence-corrected chi connectivity index (χ3v) is 3.47. The molecule has 6 heteroatoms. The van der Waals surface area contributed by atoms with Gasteiger partial charge in [0, 0.05) is 5.02 Å². The van der Waals surface area contributed by atoms with Gasteiger partial charge in [0.15, 0.2) is 0 Å². The molecule has 0 spiro atoms. The largest absolute Gasteiger partial charge is 0.417 e. The van der Waals surface area contributed by atoms with Crippen molar-refractivity contribution in [2.24, 2.45) is 5.73 Å². The fraction of sp³-hybridized carbons (Fsp3) is 0.143. The minimum Gasteiger partial charge on any atom is -0.320 e. The van der Waals surface area contributed by atoms with Crippen LogP contribution in [0.15, 0.2) is 42.5 Å². The number of hydrogen-bond acceptors (Lipinski definition) is 1. The van der Waals surface area contributed by atoms with E-state index in [1.807, 2.05) is 0 Å². The molecule has 20 heavy (non-hydrogen) atoms. The Labute approximate surface area is 124 Å². The molecule has 0 bridgehead atoms. The lowest BCUT2D eigenvalue weighted by Gasteiger charge is -2.16. The summed E-state index contributed by atoms with van der Waals surface area (Å²) in [4.78, 5) is 0. The zero-order chi connectivity index (χ0) is 14.9. The molecule has 0 aliphatic carbocycles. The van der Waals surface area contributed by atoms with Crippen LogP contribution < -0.4 is 5.73 Å². The molecule has 0 fully saturated rings. The van der Waals surface area contributed by atoms with Crippen molar-refractivity contribution in [3.8, 4) is 0 Å². The van der Waals surface area contributed by atoms with E-state index in [-0.39, 0.29) is 5.02 Å². The number of benzene rings is 2. The van der Waals surface area contributed by atoms with Gasteiger partial charge in [0.25, 0.3) is 0 Å². The zero-order valence-corrected chi connectivity index (χ0v) is 11.6. The molecule has 2 aromatic carbocycles. The van der Waals surface area contributed by atoms with E-state index in [1.54, 1.807) is 24.3 Å². The van der Waals surface area contributed by atoms with Gasteiger partial charge < -0.3 is 5.73 Å². The molecule has 0 amide bonds. The van der Waals surface area contributed by atoms with Crippen molar-refractivity contribution in [3.05, 3.63) is 69.2 Å². The van der Waals surface area contributed by atoms with Crippen LogP contribution in [0.2, 0.25) is 10.0 Å². The second-order valence-corrected chi connectivity index (χ2v) is 5.11. The summed E-state index contributed by atoms with van der Waals surface area (Å²) in [5.41, 5.74) is 6.10. The van der Waals surface area contributed by atoms with E-state index in [0.29, 0.717) is 16.1 Å². The molecule has 2 rings (SSSR count). The Morgan fingerprint density at radius 3 is 2.00 bits per heavy atom. The van der Waals surface area contributed by atoms with Crippen LogP contribution in [0.25, 0.3) is 0 Å². The van der Waals surface area contributed by atoms with Crippen molar-refractivity contribution in [1.29, 1.82) is 0 Å². The lowest BCUT2D eigenvalue weighted by molar-refractivity contribution is -0.137. The average molecular weight is 320 g/mol. The van der Waals surface area contributed by atoms with Crippen molar-refractivity contribution in [2.75, 3.05) is 0 Å². The Kier molecular flexibility index (Phi) is 4.28. The van der Waals surface area contributed by atoms with Gasteiger partial charge in [-0.25, -0.2) is 0 Å². The molecule has 2 aromatic rings. The topological polar surface area (TPSA) is 26.0 Å². The van der Waals surface area contributed by atoms with Crippen molar-refractivity contribution in [1.82, 2.24) is 0 Å². The predicted octanol–water partition coefficient (Wildman–Crippen LogP) is 5.06. The van der Waals surface area contributed by atoms with Crippen molar-refractivity contribution in [3.63, 3.8) is 0 Å². The van der Waals surface area contributed by atoms with E-state index in [9.17, 15) is 13.2 Å². The Bertz CT molecular complexity index is 609. The first-order valence-corrected chi connectivity index (χ1v) is 6.42. The second-order valence-electron chi connectivity index (χ2n) is 4.27. The van der Waals surface area contributed by atoms with Gasteiger partial charge >= 0.3 is 6.18 Å². The molecule has 2 N–H and O–H groups in total. The van der Waals surface area contributed by atoms with Gasteiger partial charge in [-0.15, -0.1) is 0 Å². The van der Waals surface area contributed by atoms with Crippen LogP contribution in [0.3, 0.4) is 0 Å². The maximum absolute atomic E-state index is 12.8. The highest BCUT2D eigenvalue weighted by molar-refractivity contribution is 6.31. The fourth-order valence-electron chi connectivity index (χ4n) is 1.82. The molecule has 0 aliphatic rings. The van der Waals surface area contributed by atoms with Gasteiger partial charge in [-0.3, -0.25) is 0 Å². The molecule has 0 heterocycles. The van der Waals surface area contributed by atoms with Crippen LogP contribution in [0.1, 0.15) is 22.7 Å². The summed E-state index contributed by atoms with van der Waals surface area (Å²) in [6.07, 6.45) is -4.51. The number of halogens is 5. The van der Waals surface area contributed by atoms with Gasteiger partial charge in [-0.2, -0.15) is 13.2 Å². The Balaban J connectivity index is 2.40. The molecular formula is C14H10Cl2F3N. The maximum atomic E-state index is 12.8. The third kappa shape index (κ3) is 3.26. The van der Waals surface area contributed by atoms with Gasteiger partial charge in [0.2, 0.25) is 0 Å². The molecule has 1 nitrogen and oxygen atoms in total. The van der Waals surface area contributed by atoms with E-state index < -0.39 is 17.8 Å². The summed E-state index contributed by atoms with van der Waals surface area (Å²) < 4.78 is 38.4. The number of rotatable bonds is 2. The normalized spacial score (nSPS) is 13.3. The molecule has 106 valence electrons. The quantitative estimate of drug-likeness (QED) is 0.822. The van der Waals surface area contributed by atoms with Crippen LogP contribution in [0.5, 0.6) is 0 Å². The van der Waals surface area contributed by atoms with E-state index in [2.05, 4.69) is 0 Å². The Morgan fingerprint density at radius 2 is 1.45 bits per heavy atom. The molecule has 0 aromatic heterocycles. The van der Waals surface area contributed by atoms with Crippen molar-refractivity contribution < 1.29 is 13.2 Å². The van der Waals surface area contributed by atoms with Crippen LogP contribution in [0, 0.1) is 0 Å². The summed E-state index contributed by atoms with van der Waals surface area (Å²) in [6, 6.07) is 9.61. The highest BCUT2D eigenvalue weighted by Crippen LogP contribution is 2.36. The minimum absolute atomic E-state index is 0.337. The second kappa shape index (κ2) is 5.64. The lowest BCUT2D eigenvalue weighted by Crippen LogP contribution is -2.14. The summed E-state index contributed by atoms with van der Waals surface area (Å²) in [5, 5.41) is 0.192. The van der Waals surface area contributed by atoms with Crippen molar-refractivity contribution >= 4 is 23.2 Å². The number of nitrogens with two attached hydrogens (primary N) is 1. The van der Waals surface area contributed by atoms with Crippen LogP contribution >= 0.6 is 23.2 Å². The van der Waals surface area contributed by atoms with E-state index in [0.717, 1.165) is 6.07 Å². The van der Waals surface area contributed by atoms with Gasteiger partial charge in [0.1, 0.15) is 0 Å². The molecule has 0 saturated carbocycles. The fourth-order valence-corrected chi connectivity index (χ4v) is 2.17. The van der Waals surface area contributed by atoms with E-state index in [1.165, 1.54) is 12.1 Å². The van der Waals surface area contributed by atoms with Gasteiger partial charge in [-0.05, 0) is 35.4 Å². The lowest BCUT2D eigenvalue weighted by atomic mass is 9.98.